The summed E-state index contributed by atoms with van der Waals surface area (Å²) in [6, 6.07) is 0. The molecular formula is C20H29ClN6O5S. The van der Waals surface area contributed by atoms with Gasteiger partial charge in [-0.25, -0.2) is 18.4 Å². The van der Waals surface area contributed by atoms with E-state index in [-0.39, 0.29) is 24.0 Å². The Morgan fingerprint density at radius 1 is 1.27 bits per heavy atom. The molecule has 1 saturated carbocycles. The van der Waals surface area contributed by atoms with Crippen molar-refractivity contribution in [3.8, 4) is 0 Å². The van der Waals surface area contributed by atoms with Crippen LogP contribution >= 0.6 is 11.6 Å². The Morgan fingerprint density at radius 3 is 2.52 bits per heavy atom. The van der Waals surface area contributed by atoms with Gasteiger partial charge in [-0.2, -0.15) is 0 Å². The van der Waals surface area contributed by atoms with Crippen molar-refractivity contribution in [3.63, 3.8) is 0 Å². The molecule has 1 aliphatic heterocycles. The summed E-state index contributed by atoms with van der Waals surface area (Å²) in [7, 11) is -0.934. The number of nitrogens with one attached hydrogen (secondary N) is 1. The molecule has 33 heavy (non-hydrogen) atoms. The van der Waals surface area contributed by atoms with Gasteiger partial charge in [-0.15, -0.1) is 10.2 Å². The van der Waals surface area contributed by atoms with E-state index in [1.807, 2.05) is 11.5 Å². The van der Waals surface area contributed by atoms with Gasteiger partial charge in [0, 0.05) is 26.6 Å². The standard InChI is InChI=1S/C20H29ClN6O5S/c1-12-5-6-15(32-12)18-24-25-19(27(18)20(7-8-20)11-30-3)26-33(28,29)13(2)16(31-4)17-22-9-14(21)10-23-17/h9-10,12-13,15-16H,5-8,11H2,1-4H3,(H,25,26)/t12-,13+,15?,16+/m1/s1. The first-order valence-corrected chi connectivity index (χ1v) is 12.8. The molecule has 11 nitrogen and oxygen atoms in total. The highest BCUT2D eigenvalue weighted by molar-refractivity contribution is 7.93. The number of halogens is 1. The maximum Gasteiger partial charge on any atom is 0.240 e. The fraction of sp³-hybridized carbons (Fsp3) is 0.700. The predicted molar refractivity (Wildman–Crippen MR) is 120 cm³/mol. The molecule has 2 fully saturated rings. The molecule has 13 heteroatoms. The Balaban J connectivity index is 1.65. The minimum absolute atomic E-state index is 0.111. The van der Waals surface area contributed by atoms with Crippen LogP contribution in [0.25, 0.3) is 0 Å². The van der Waals surface area contributed by atoms with E-state index >= 15 is 0 Å². The van der Waals surface area contributed by atoms with E-state index in [2.05, 4.69) is 24.9 Å². The zero-order chi connectivity index (χ0) is 23.8. The van der Waals surface area contributed by atoms with Crippen molar-refractivity contribution in [1.29, 1.82) is 0 Å². The van der Waals surface area contributed by atoms with Crippen LogP contribution in [0.1, 0.15) is 63.4 Å². The van der Waals surface area contributed by atoms with E-state index in [1.54, 1.807) is 7.11 Å². The maximum absolute atomic E-state index is 13.4. The van der Waals surface area contributed by atoms with E-state index in [1.165, 1.54) is 26.4 Å². The molecule has 1 unspecified atom stereocenters. The minimum Gasteiger partial charge on any atom is -0.382 e. The Labute approximate surface area is 198 Å². The van der Waals surface area contributed by atoms with E-state index < -0.39 is 26.9 Å². The molecule has 4 rings (SSSR count). The maximum atomic E-state index is 13.4. The van der Waals surface area contributed by atoms with Crippen LogP contribution in [0, 0.1) is 0 Å². The third-order valence-corrected chi connectivity index (χ3v) is 8.11. The molecule has 3 heterocycles. The number of methoxy groups -OCH3 is 2. The lowest BCUT2D eigenvalue weighted by Gasteiger charge is -2.25. The van der Waals surface area contributed by atoms with Crippen LogP contribution in [-0.2, 0) is 29.8 Å². The summed E-state index contributed by atoms with van der Waals surface area (Å²) in [6.07, 6.45) is 5.12. The van der Waals surface area contributed by atoms with Gasteiger partial charge in [0.25, 0.3) is 0 Å². The number of rotatable bonds is 10. The molecule has 0 bridgehead atoms. The minimum atomic E-state index is -3.97. The van der Waals surface area contributed by atoms with Crippen molar-refractivity contribution >= 4 is 27.6 Å². The molecule has 1 aliphatic carbocycles. The zero-order valence-electron chi connectivity index (χ0n) is 19.1. The van der Waals surface area contributed by atoms with Crippen molar-refractivity contribution in [1.82, 2.24) is 24.7 Å². The van der Waals surface area contributed by atoms with Crippen LogP contribution in [-0.4, -0.2) is 65.3 Å². The lowest BCUT2D eigenvalue weighted by atomic mass is 10.2. The van der Waals surface area contributed by atoms with Gasteiger partial charge in [0.05, 0.1) is 23.3 Å². The number of hydrogen-bond acceptors (Lipinski definition) is 9. The van der Waals surface area contributed by atoms with Crippen molar-refractivity contribution in [2.75, 3.05) is 25.5 Å². The Bertz CT molecular complexity index is 1080. The first-order valence-electron chi connectivity index (χ1n) is 10.8. The summed E-state index contributed by atoms with van der Waals surface area (Å²) < 4.78 is 48.1. The molecule has 1 saturated heterocycles. The van der Waals surface area contributed by atoms with Gasteiger partial charge >= 0.3 is 0 Å². The average Bonchev–Trinajstić information content (AvgIpc) is 3.21. The second-order valence-electron chi connectivity index (χ2n) is 8.66. The fourth-order valence-corrected chi connectivity index (χ4v) is 5.46. The Hall–Kier alpha value is -1.86. The Kier molecular flexibility index (Phi) is 6.92. The molecule has 4 atom stereocenters. The van der Waals surface area contributed by atoms with Crippen LogP contribution in [0.15, 0.2) is 12.4 Å². The van der Waals surface area contributed by atoms with Crippen molar-refractivity contribution in [2.45, 2.75) is 68.6 Å². The molecule has 0 amide bonds. The zero-order valence-corrected chi connectivity index (χ0v) is 20.6. The first kappa shape index (κ1) is 24.3. The highest BCUT2D eigenvalue weighted by atomic mass is 35.5. The van der Waals surface area contributed by atoms with Crippen LogP contribution in [0.2, 0.25) is 5.02 Å². The summed E-state index contributed by atoms with van der Waals surface area (Å²) in [6.45, 7) is 3.96. The largest absolute Gasteiger partial charge is 0.382 e. The molecule has 0 aromatic carbocycles. The molecule has 2 aromatic heterocycles. The van der Waals surface area contributed by atoms with Crippen LogP contribution in [0.4, 0.5) is 5.95 Å². The average molecular weight is 501 g/mol. The first-order chi connectivity index (χ1) is 15.7. The van der Waals surface area contributed by atoms with E-state index in [0.717, 1.165) is 25.7 Å². The van der Waals surface area contributed by atoms with Gasteiger partial charge in [-0.3, -0.25) is 9.29 Å². The van der Waals surface area contributed by atoms with E-state index in [9.17, 15) is 8.42 Å². The number of aromatic nitrogens is 5. The van der Waals surface area contributed by atoms with E-state index in [4.69, 9.17) is 25.8 Å². The quantitative estimate of drug-likeness (QED) is 0.522. The van der Waals surface area contributed by atoms with Crippen molar-refractivity contribution < 1.29 is 22.6 Å². The molecule has 2 aliphatic rings. The highest BCUT2D eigenvalue weighted by Crippen LogP contribution is 2.48. The summed E-state index contributed by atoms with van der Waals surface area (Å²) in [5.41, 5.74) is -0.399. The second kappa shape index (κ2) is 9.41. The van der Waals surface area contributed by atoms with E-state index in [0.29, 0.717) is 17.5 Å². The number of anilines is 1. The van der Waals surface area contributed by atoms with Gasteiger partial charge < -0.3 is 14.2 Å². The van der Waals surface area contributed by atoms with Crippen LogP contribution in [0.3, 0.4) is 0 Å². The molecule has 0 radical (unpaired) electrons. The topological polar surface area (TPSA) is 130 Å². The van der Waals surface area contributed by atoms with Gasteiger partial charge in [-0.1, -0.05) is 11.6 Å². The third kappa shape index (κ3) is 4.85. The predicted octanol–water partition coefficient (Wildman–Crippen LogP) is 2.61. The highest BCUT2D eigenvalue weighted by Gasteiger charge is 2.50. The number of nitrogens with zero attached hydrogens (tertiary/aromatic N) is 5. The molecule has 1 N–H and O–H groups in total. The van der Waals surface area contributed by atoms with Gasteiger partial charge in [-0.05, 0) is 39.5 Å². The summed E-state index contributed by atoms with van der Waals surface area (Å²) in [5, 5.41) is 7.86. The fourth-order valence-electron chi connectivity index (χ4n) is 4.24. The van der Waals surface area contributed by atoms with Crippen molar-refractivity contribution in [3.05, 3.63) is 29.1 Å². The molecule has 0 spiro atoms. The smallest absolute Gasteiger partial charge is 0.240 e. The third-order valence-electron chi connectivity index (χ3n) is 6.22. The molecule has 182 valence electrons. The lowest BCUT2D eigenvalue weighted by Crippen LogP contribution is -2.35. The number of sulfonamides is 1. The molecule has 2 aromatic rings. The SMILES string of the molecule is COCC1(n2c(NS(=O)(=O)[C@@H](C)[C@H](OC)c3ncc(Cl)cn3)nnc2C2CC[C@@H](C)O2)CC1. The number of hydrogen-bond donors (Lipinski definition) is 1. The second-order valence-corrected chi connectivity index (χ2v) is 11.1. The summed E-state index contributed by atoms with van der Waals surface area (Å²) in [4.78, 5) is 8.24. The summed E-state index contributed by atoms with van der Waals surface area (Å²) >= 11 is 5.86. The number of ether oxygens (including phenoxy) is 3. The summed E-state index contributed by atoms with van der Waals surface area (Å²) in [5.74, 6) is 0.971. The van der Waals surface area contributed by atoms with Crippen LogP contribution < -0.4 is 4.72 Å². The van der Waals surface area contributed by atoms with Crippen molar-refractivity contribution in [2.24, 2.45) is 0 Å². The van der Waals surface area contributed by atoms with Gasteiger partial charge in [0.2, 0.25) is 16.0 Å². The van der Waals surface area contributed by atoms with Gasteiger partial charge in [0.15, 0.2) is 11.6 Å². The lowest BCUT2D eigenvalue weighted by molar-refractivity contribution is 0.0443. The monoisotopic (exact) mass is 500 g/mol. The van der Waals surface area contributed by atoms with Gasteiger partial charge in [0.1, 0.15) is 17.5 Å². The van der Waals surface area contributed by atoms with Crippen LogP contribution in [0.5, 0.6) is 0 Å². The Morgan fingerprint density at radius 2 is 1.97 bits per heavy atom. The molecular weight excluding hydrogens is 472 g/mol. The normalized spacial score (nSPS) is 23.9.